The summed E-state index contributed by atoms with van der Waals surface area (Å²) in [5.41, 5.74) is 8.70. The monoisotopic (exact) mass is 220 g/mol. The third-order valence-electron chi connectivity index (χ3n) is 2.89. The van der Waals surface area contributed by atoms with Gasteiger partial charge in [0.05, 0.1) is 5.69 Å². The molecular formula is C15H12N2. The summed E-state index contributed by atoms with van der Waals surface area (Å²) < 4.78 is 0. The Labute approximate surface area is 99.7 Å². The molecule has 0 spiro atoms. The first-order valence-electron chi connectivity index (χ1n) is 5.55. The smallest absolute Gasteiger partial charge is 0.0800 e. The van der Waals surface area contributed by atoms with Gasteiger partial charge in [-0.3, -0.25) is 4.98 Å². The molecule has 0 unspecified atom stereocenters. The predicted molar refractivity (Wildman–Crippen MR) is 71.6 cm³/mol. The van der Waals surface area contributed by atoms with E-state index < -0.39 is 0 Å². The highest BCUT2D eigenvalue weighted by Gasteiger charge is 2.06. The summed E-state index contributed by atoms with van der Waals surface area (Å²) in [5, 5.41) is 2.31. The van der Waals surface area contributed by atoms with Crippen LogP contribution in [0.2, 0.25) is 0 Å². The van der Waals surface area contributed by atoms with Crippen molar-refractivity contribution in [3.05, 3.63) is 60.8 Å². The van der Waals surface area contributed by atoms with Crippen LogP contribution in [0.4, 0.5) is 5.69 Å². The van der Waals surface area contributed by atoms with Crippen molar-refractivity contribution >= 4 is 16.5 Å². The van der Waals surface area contributed by atoms with Crippen LogP contribution in [-0.2, 0) is 0 Å². The number of hydrogen-bond acceptors (Lipinski definition) is 2. The Kier molecular flexibility index (Phi) is 2.26. The van der Waals surface area contributed by atoms with Gasteiger partial charge < -0.3 is 5.73 Å². The molecule has 0 bridgehead atoms. The maximum absolute atomic E-state index is 6.00. The van der Waals surface area contributed by atoms with Gasteiger partial charge in [0, 0.05) is 22.8 Å². The van der Waals surface area contributed by atoms with Crippen molar-refractivity contribution in [1.82, 2.24) is 4.98 Å². The topological polar surface area (TPSA) is 38.9 Å². The highest BCUT2D eigenvalue weighted by Crippen LogP contribution is 2.29. The number of nitrogens with two attached hydrogens (primary N) is 1. The number of anilines is 1. The molecule has 0 saturated carbocycles. The lowest BCUT2D eigenvalue weighted by Gasteiger charge is -2.07. The van der Waals surface area contributed by atoms with Crippen LogP contribution in [-0.4, -0.2) is 4.98 Å². The van der Waals surface area contributed by atoms with E-state index in [-0.39, 0.29) is 0 Å². The summed E-state index contributed by atoms with van der Waals surface area (Å²) in [6, 6.07) is 18.0. The van der Waals surface area contributed by atoms with E-state index in [4.69, 9.17) is 5.73 Å². The van der Waals surface area contributed by atoms with Gasteiger partial charge in [-0.15, -0.1) is 0 Å². The summed E-state index contributed by atoms with van der Waals surface area (Å²) in [7, 11) is 0. The molecule has 0 atom stereocenters. The Balaban J connectivity index is 2.35. The van der Waals surface area contributed by atoms with E-state index in [0.29, 0.717) is 0 Å². The Hall–Kier alpha value is -2.35. The van der Waals surface area contributed by atoms with Gasteiger partial charge in [0.2, 0.25) is 0 Å². The van der Waals surface area contributed by atoms with E-state index in [0.717, 1.165) is 22.3 Å². The van der Waals surface area contributed by atoms with Crippen molar-refractivity contribution in [3.63, 3.8) is 0 Å². The summed E-state index contributed by atoms with van der Waals surface area (Å²) >= 11 is 0. The second-order valence-electron chi connectivity index (χ2n) is 3.97. The number of aromatic nitrogens is 1. The lowest BCUT2D eigenvalue weighted by Crippen LogP contribution is -1.92. The Morgan fingerprint density at radius 3 is 2.47 bits per heavy atom. The average molecular weight is 220 g/mol. The van der Waals surface area contributed by atoms with Crippen LogP contribution < -0.4 is 5.73 Å². The number of nitrogen functional groups attached to an aromatic ring is 1. The molecule has 82 valence electrons. The van der Waals surface area contributed by atoms with Crippen molar-refractivity contribution in [2.75, 3.05) is 5.73 Å². The van der Waals surface area contributed by atoms with Crippen molar-refractivity contribution < 1.29 is 0 Å². The fourth-order valence-corrected chi connectivity index (χ4v) is 2.05. The molecule has 1 heterocycles. The van der Waals surface area contributed by atoms with E-state index in [1.165, 1.54) is 5.39 Å². The van der Waals surface area contributed by atoms with Gasteiger partial charge in [-0.2, -0.15) is 0 Å². The molecular weight excluding hydrogens is 208 g/mol. The molecule has 0 radical (unpaired) electrons. The van der Waals surface area contributed by atoms with E-state index in [1.54, 1.807) is 0 Å². The minimum atomic E-state index is 0.761. The fraction of sp³-hybridized carbons (Fsp3) is 0. The Bertz CT molecular complexity index is 669. The Morgan fingerprint density at radius 1 is 0.824 bits per heavy atom. The van der Waals surface area contributed by atoms with Gasteiger partial charge in [-0.25, -0.2) is 0 Å². The zero-order chi connectivity index (χ0) is 11.7. The number of benzene rings is 2. The molecule has 0 amide bonds. The zero-order valence-corrected chi connectivity index (χ0v) is 9.30. The van der Waals surface area contributed by atoms with Gasteiger partial charge in [-0.1, -0.05) is 42.5 Å². The van der Waals surface area contributed by atoms with Crippen molar-refractivity contribution in [1.29, 1.82) is 0 Å². The molecule has 0 saturated heterocycles. The number of para-hydroxylation sites is 1. The van der Waals surface area contributed by atoms with Crippen LogP contribution >= 0.6 is 0 Å². The number of fused-ring (bicyclic) bond motifs is 1. The molecule has 2 aromatic carbocycles. The second-order valence-corrected chi connectivity index (χ2v) is 3.97. The molecule has 0 aliphatic carbocycles. The van der Waals surface area contributed by atoms with Crippen LogP contribution in [0.1, 0.15) is 0 Å². The summed E-state index contributed by atoms with van der Waals surface area (Å²) in [4.78, 5) is 4.46. The standard InChI is InChI=1S/C15H12N2/c16-14-8-4-3-7-13(14)15-12-6-2-1-5-11(12)9-10-17-15/h1-10H,16H2. The third-order valence-corrected chi connectivity index (χ3v) is 2.89. The molecule has 0 aliphatic heterocycles. The molecule has 17 heavy (non-hydrogen) atoms. The van der Waals surface area contributed by atoms with Crippen molar-refractivity contribution in [2.24, 2.45) is 0 Å². The second kappa shape index (κ2) is 3.91. The zero-order valence-electron chi connectivity index (χ0n) is 9.30. The molecule has 2 N–H and O–H groups in total. The van der Waals surface area contributed by atoms with Crippen molar-refractivity contribution in [2.45, 2.75) is 0 Å². The lowest BCUT2D eigenvalue weighted by atomic mass is 10.0. The first-order valence-corrected chi connectivity index (χ1v) is 5.55. The van der Waals surface area contributed by atoms with Crippen LogP contribution in [0, 0.1) is 0 Å². The van der Waals surface area contributed by atoms with E-state index in [9.17, 15) is 0 Å². The number of pyridine rings is 1. The highest BCUT2D eigenvalue weighted by molar-refractivity contribution is 5.96. The summed E-state index contributed by atoms with van der Waals surface area (Å²) in [5.74, 6) is 0. The minimum absolute atomic E-state index is 0.761. The molecule has 2 nitrogen and oxygen atoms in total. The van der Waals surface area contributed by atoms with E-state index in [2.05, 4.69) is 17.1 Å². The highest BCUT2D eigenvalue weighted by atomic mass is 14.7. The number of hydrogen-bond donors (Lipinski definition) is 1. The molecule has 0 aliphatic rings. The van der Waals surface area contributed by atoms with Gasteiger partial charge in [-0.05, 0) is 17.5 Å². The molecule has 3 rings (SSSR count). The van der Waals surface area contributed by atoms with Crippen LogP contribution in [0.25, 0.3) is 22.0 Å². The van der Waals surface area contributed by atoms with Gasteiger partial charge in [0.15, 0.2) is 0 Å². The first kappa shape index (κ1) is 9.85. The first-order chi connectivity index (χ1) is 8.36. The molecule has 3 aromatic rings. The minimum Gasteiger partial charge on any atom is -0.398 e. The van der Waals surface area contributed by atoms with Crippen molar-refractivity contribution in [3.8, 4) is 11.3 Å². The molecule has 0 fully saturated rings. The SMILES string of the molecule is Nc1ccccc1-c1nccc2ccccc12. The largest absolute Gasteiger partial charge is 0.398 e. The lowest BCUT2D eigenvalue weighted by molar-refractivity contribution is 1.36. The normalized spacial score (nSPS) is 10.6. The predicted octanol–water partition coefficient (Wildman–Crippen LogP) is 3.48. The summed E-state index contributed by atoms with van der Waals surface area (Å²) in [6.07, 6.45) is 1.82. The average Bonchev–Trinajstić information content (AvgIpc) is 2.39. The third kappa shape index (κ3) is 1.64. The van der Waals surface area contributed by atoms with Crippen LogP contribution in [0.15, 0.2) is 60.8 Å². The molecule has 2 heteroatoms. The van der Waals surface area contributed by atoms with Gasteiger partial charge in [0.1, 0.15) is 0 Å². The number of nitrogens with zero attached hydrogens (tertiary/aromatic N) is 1. The number of rotatable bonds is 1. The van der Waals surface area contributed by atoms with Gasteiger partial charge >= 0.3 is 0 Å². The van der Waals surface area contributed by atoms with E-state index >= 15 is 0 Å². The fourth-order valence-electron chi connectivity index (χ4n) is 2.05. The summed E-state index contributed by atoms with van der Waals surface area (Å²) in [6.45, 7) is 0. The van der Waals surface area contributed by atoms with Gasteiger partial charge in [0.25, 0.3) is 0 Å². The van der Waals surface area contributed by atoms with E-state index in [1.807, 2.05) is 48.7 Å². The Morgan fingerprint density at radius 2 is 1.59 bits per heavy atom. The maximum Gasteiger partial charge on any atom is 0.0800 e. The maximum atomic E-state index is 6.00. The molecule has 1 aromatic heterocycles. The van der Waals surface area contributed by atoms with Crippen LogP contribution in [0.3, 0.4) is 0 Å². The quantitative estimate of drug-likeness (QED) is 0.637. The van der Waals surface area contributed by atoms with Crippen LogP contribution in [0.5, 0.6) is 0 Å².